The summed E-state index contributed by atoms with van der Waals surface area (Å²) in [6.45, 7) is 1.04. The van der Waals surface area contributed by atoms with E-state index in [1.165, 1.54) is 89.0 Å². The van der Waals surface area contributed by atoms with Gasteiger partial charge in [-0.2, -0.15) is 0 Å². The zero-order valence-electron chi connectivity index (χ0n) is 20.4. The second-order valence-corrected chi connectivity index (χ2v) is 11.6. The number of hydrogen-bond acceptors (Lipinski definition) is 3. The van der Waals surface area contributed by atoms with Crippen molar-refractivity contribution in [2.75, 3.05) is 6.54 Å². The van der Waals surface area contributed by atoms with Crippen molar-refractivity contribution in [3.8, 4) is 5.75 Å². The number of rotatable bonds is 7. The third-order valence-electron chi connectivity index (χ3n) is 9.32. The molecule has 4 fully saturated rings. The van der Waals surface area contributed by atoms with Gasteiger partial charge in [0.1, 0.15) is 5.75 Å². The Morgan fingerprint density at radius 3 is 2.27 bits per heavy atom. The van der Waals surface area contributed by atoms with Gasteiger partial charge in [-0.25, -0.2) is 0 Å². The van der Waals surface area contributed by atoms with E-state index in [0.717, 1.165) is 25.3 Å². The predicted octanol–water partition coefficient (Wildman–Crippen LogP) is 6.14. The highest BCUT2D eigenvalue weighted by Crippen LogP contribution is 2.44. The zero-order chi connectivity index (χ0) is 22.6. The van der Waals surface area contributed by atoms with Gasteiger partial charge >= 0.3 is 0 Å². The van der Waals surface area contributed by atoms with Crippen LogP contribution in [0.15, 0.2) is 24.3 Å². The van der Waals surface area contributed by atoms with Gasteiger partial charge in [0.05, 0.1) is 0 Å². The maximum atomic E-state index is 13.2. The van der Waals surface area contributed by atoms with Gasteiger partial charge in [-0.05, 0) is 74.5 Å². The van der Waals surface area contributed by atoms with Crippen molar-refractivity contribution in [2.24, 2.45) is 11.8 Å². The number of fused-ring (bicyclic) bond motifs is 2. The largest absolute Gasteiger partial charge is 0.508 e. The number of nitrogens with zero attached hydrogens (tertiary/aromatic N) is 1. The van der Waals surface area contributed by atoms with Crippen LogP contribution in [-0.4, -0.2) is 40.6 Å². The third-order valence-corrected chi connectivity index (χ3v) is 9.32. The van der Waals surface area contributed by atoms with E-state index in [0.29, 0.717) is 35.7 Å². The van der Waals surface area contributed by atoms with Crippen LogP contribution < -0.4 is 5.32 Å². The average Bonchev–Trinajstić information content (AvgIpc) is 3.06. The maximum absolute atomic E-state index is 13.2. The number of piperidine rings is 1. The molecule has 3 atom stereocenters. The lowest BCUT2D eigenvalue weighted by molar-refractivity contribution is -0.127. The molecule has 2 saturated heterocycles. The van der Waals surface area contributed by atoms with Crippen LogP contribution in [0, 0.1) is 11.8 Å². The summed E-state index contributed by atoms with van der Waals surface area (Å²) in [5, 5.41) is 13.5. The number of benzene rings is 1. The molecule has 0 aromatic heterocycles. The smallest absolute Gasteiger partial charge is 0.223 e. The molecule has 2 saturated carbocycles. The first-order valence-electron chi connectivity index (χ1n) is 14.0. The molecule has 2 aliphatic heterocycles. The molecule has 5 rings (SSSR count). The highest BCUT2D eigenvalue weighted by Gasteiger charge is 2.42. The van der Waals surface area contributed by atoms with Gasteiger partial charge in [-0.15, -0.1) is 0 Å². The van der Waals surface area contributed by atoms with E-state index in [9.17, 15) is 9.90 Å². The van der Waals surface area contributed by atoms with Crippen LogP contribution in [0.2, 0.25) is 0 Å². The number of amides is 1. The second-order valence-electron chi connectivity index (χ2n) is 11.6. The van der Waals surface area contributed by atoms with Crippen LogP contribution in [0.25, 0.3) is 0 Å². The summed E-state index contributed by atoms with van der Waals surface area (Å²) < 4.78 is 0. The highest BCUT2D eigenvalue weighted by molar-refractivity contribution is 5.79. The zero-order valence-corrected chi connectivity index (χ0v) is 20.4. The molecule has 0 spiro atoms. The van der Waals surface area contributed by atoms with Gasteiger partial charge in [0, 0.05) is 30.6 Å². The average molecular weight is 453 g/mol. The molecular weight excluding hydrogens is 408 g/mol. The Morgan fingerprint density at radius 2 is 1.61 bits per heavy atom. The van der Waals surface area contributed by atoms with Crippen LogP contribution in [0.4, 0.5) is 0 Å². The summed E-state index contributed by atoms with van der Waals surface area (Å²) in [7, 11) is 0. The Hall–Kier alpha value is -1.55. The first-order valence-corrected chi connectivity index (χ1v) is 14.0. The lowest BCUT2D eigenvalue weighted by atomic mass is 9.82. The summed E-state index contributed by atoms with van der Waals surface area (Å²) in [5.74, 6) is 2.33. The van der Waals surface area contributed by atoms with Crippen molar-refractivity contribution < 1.29 is 9.90 Å². The van der Waals surface area contributed by atoms with Gasteiger partial charge in [0.25, 0.3) is 0 Å². The summed E-state index contributed by atoms with van der Waals surface area (Å²) in [6, 6.07) is 9.47. The SMILES string of the molecule is O=C(NC(CC1CCCCC1)CN1[C@@H]2CC[C@@H]1CC(c1cccc(O)c1)C2)C1CCCCC1. The van der Waals surface area contributed by atoms with E-state index < -0.39 is 0 Å². The lowest BCUT2D eigenvalue weighted by Crippen LogP contribution is -2.52. The fourth-order valence-electron chi connectivity index (χ4n) is 7.57. The summed E-state index contributed by atoms with van der Waals surface area (Å²) in [5.41, 5.74) is 1.30. The second kappa shape index (κ2) is 10.8. The van der Waals surface area contributed by atoms with E-state index >= 15 is 0 Å². The van der Waals surface area contributed by atoms with Crippen LogP contribution in [0.5, 0.6) is 5.75 Å². The van der Waals surface area contributed by atoms with Gasteiger partial charge in [-0.3, -0.25) is 9.69 Å². The van der Waals surface area contributed by atoms with E-state index in [1.54, 1.807) is 6.07 Å². The standard InChI is InChI=1S/C29H44N2O2/c32-28-13-7-12-23(19-28)24-17-26-14-15-27(18-24)31(26)20-25(16-21-8-3-1-4-9-21)30-29(33)22-10-5-2-6-11-22/h7,12-13,19,21-22,24-27,32H,1-6,8-11,14-18,20H2,(H,30,33)/t25?,26-,27-/m1/s1. The fraction of sp³-hybridized carbons (Fsp3) is 0.759. The lowest BCUT2D eigenvalue weighted by Gasteiger charge is -2.42. The number of hydrogen-bond donors (Lipinski definition) is 2. The molecule has 2 heterocycles. The quantitative estimate of drug-likeness (QED) is 0.522. The summed E-state index contributed by atoms with van der Waals surface area (Å²) in [6.07, 6.45) is 18.9. The van der Waals surface area contributed by atoms with Crippen molar-refractivity contribution in [2.45, 2.75) is 120 Å². The Labute approximate surface area is 200 Å². The molecule has 2 N–H and O–H groups in total. The van der Waals surface area contributed by atoms with Crippen LogP contribution in [0.3, 0.4) is 0 Å². The molecule has 1 unspecified atom stereocenters. The molecule has 4 heteroatoms. The number of carbonyl (C=O) groups is 1. The number of aromatic hydroxyl groups is 1. The molecule has 0 radical (unpaired) electrons. The van der Waals surface area contributed by atoms with Gasteiger partial charge in [-0.1, -0.05) is 63.5 Å². The normalized spacial score (nSPS) is 30.2. The Kier molecular flexibility index (Phi) is 7.59. The Balaban J connectivity index is 1.24. The predicted molar refractivity (Wildman–Crippen MR) is 133 cm³/mol. The molecule has 4 aliphatic rings. The van der Waals surface area contributed by atoms with E-state index in [-0.39, 0.29) is 5.92 Å². The van der Waals surface area contributed by atoms with Crippen LogP contribution >= 0.6 is 0 Å². The summed E-state index contributed by atoms with van der Waals surface area (Å²) >= 11 is 0. The van der Waals surface area contributed by atoms with Crippen molar-refractivity contribution >= 4 is 5.91 Å². The summed E-state index contributed by atoms with van der Waals surface area (Å²) in [4.78, 5) is 16.0. The number of carbonyl (C=O) groups excluding carboxylic acids is 1. The fourth-order valence-corrected chi connectivity index (χ4v) is 7.57. The van der Waals surface area contributed by atoms with Gasteiger partial charge in [0.2, 0.25) is 5.91 Å². The molecule has 2 aliphatic carbocycles. The van der Waals surface area contributed by atoms with Gasteiger partial charge in [0.15, 0.2) is 0 Å². The topological polar surface area (TPSA) is 52.6 Å². The first kappa shape index (κ1) is 23.2. The minimum Gasteiger partial charge on any atom is -0.508 e. The number of phenols is 1. The maximum Gasteiger partial charge on any atom is 0.223 e. The van der Waals surface area contributed by atoms with Crippen LogP contribution in [-0.2, 0) is 4.79 Å². The molecule has 4 nitrogen and oxygen atoms in total. The molecule has 1 aromatic carbocycles. The van der Waals surface area contributed by atoms with Crippen molar-refractivity contribution in [1.82, 2.24) is 10.2 Å². The number of nitrogens with one attached hydrogen (secondary N) is 1. The molecular formula is C29H44N2O2. The van der Waals surface area contributed by atoms with E-state index in [1.807, 2.05) is 12.1 Å². The van der Waals surface area contributed by atoms with E-state index in [2.05, 4.69) is 16.3 Å². The monoisotopic (exact) mass is 452 g/mol. The van der Waals surface area contributed by atoms with Crippen molar-refractivity contribution in [3.05, 3.63) is 29.8 Å². The van der Waals surface area contributed by atoms with Crippen LogP contribution in [0.1, 0.15) is 108 Å². The van der Waals surface area contributed by atoms with Crippen molar-refractivity contribution in [3.63, 3.8) is 0 Å². The Bertz CT molecular complexity index is 770. The van der Waals surface area contributed by atoms with Gasteiger partial charge < -0.3 is 10.4 Å². The highest BCUT2D eigenvalue weighted by atomic mass is 16.3. The van der Waals surface area contributed by atoms with E-state index in [4.69, 9.17) is 0 Å². The molecule has 1 amide bonds. The third kappa shape index (κ3) is 5.75. The molecule has 1 aromatic rings. The first-order chi connectivity index (χ1) is 16.2. The molecule has 33 heavy (non-hydrogen) atoms. The minimum atomic E-state index is 0.251. The molecule has 2 bridgehead atoms. The minimum absolute atomic E-state index is 0.251. The number of phenolic OH excluding ortho intramolecular Hbond substituents is 1. The van der Waals surface area contributed by atoms with Crippen molar-refractivity contribution in [1.29, 1.82) is 0 Å². The Morgan fingerprint density at radius 1 is 0.939 bits per heavy atom. The molecule has 182 valence electrons.